The molecule has 0 aromatic carbocycles. The molecule has 0 aromatic rings. The number of likely N-dealkylation sites (tertiary alicyclic amines) is 1. The van der Waals surface area contributed by atoms with Gasteiger partial charge in [-0.2, -0.15) is 0 Å². The second-order valence-corrected chi connectivity index (χ2v) is 3.40. The van der Waals surface area contributed by atoms with E-state index in [9.17, 15) is 4.79 Å². The van der Waals surface area contributed by atoms with Crippen molar-refractivity contribution in [1.29, 1.82) is 0 Å². The summed E-state index contributed by atoms with van der Waals surface area (Å²) in [5, 5.41) is 0. The SMILES string of the molecule is C=C/C(=C\C=C/C)C1CCCN1C=O. The molecule has 0 aliphatic carbocycles. The second kappa shape index (κ2) is 5.43. The summed E-state index contributed by atoms with van der Waals surface area (Å²) in [6.45, 7) is 6.63. The van der Waals surface area contributed by atoms with Gasteiger partial charge in [0.25, 0.3) is 0 Å². The van der Waals surface area contributed by atoms with Crippen molar-refractivity contribution < 1.29 is 4.79 Å². The third kappa shape index (κ3) is 2.34. The Labute approximate surface area is 85.6 Å². The minimum atomic E-state index is 0.237. The Kier molecular flexibility index (Phi) is 4.17. The summed E-state index contributed by atoms with van der Waals surface area (Å²) in [6.07, 6.45) is 10.9. The molecule has 2 heteroatoms. The van der Waals surface area contributed by atoms with Crippen LogP contribution in [0.25, 0.3) is 0 Å². The summed E-state index contributed by atoms with van der Waals surface area (Å²) in [7, 11) is 0. The Morgan fingerprint density at radius 1 is 1.57 bits per heavy atom. The van der Waals surface area contributed by atoms with Crippen LogP contribution in [0.3, 0.4) is 0 Å². The molecule has 0 radical (unpaired) electrons. The van der Waals surface area contributed by atoms with Crippen molar-refractivity contribution in [3.8, 4) is 0 Å². The molecule has 0 spiro atoms. The van der Waals surface area contributed by atoms with Crippen LogP contribution in [0.2, 0.25) is 0 Å². The van der Waals surface area contributed by atoms with E-state index in [4.69, 9.17) is 0 Å². The zero-order valence-electron chi connectivity index (χ0n) is 8.65. The van der Waals surface area contributed by atoms with Crippen LogP contribution < -0.4 is 0 Å². The van der Waals surface area contributed by atoms with Gasteiger partial charge in [0.2, 0.25) is 6.41 Å². The predicted octanol–water partition coefficient (Wildman–Crippen LogP) is 2.30. The van der Waals surface area contributed by atoms with E-state index in [1.54, 1.807) is 0 Å². The van der Waals surface area contributed by atoms with E-state index in [1.165, 1.54) is 0 Å². The Bertz CT molecular complexity index is 265. The molecule has 0 bridgehead atoms. The van der Waals surface area contributed by atoms with E-state index in [0.29, 0.717) is 0 Å². The molecule has 1 aliphatic heterocycles. The lowest BCUT2D eigenvalue weighted by atomic mass is 10.0. The van der Waals surface area contributed by atoms with Crippen molar-refractivity contribution in [3.05, 3.63) is 36.5 Å². The molecule has 1 rings (SSSR count). The molecule has 0 saturated carbocycles. The number of allylic oxidation sites excluding steroid dienone is 3. The molecule has 1 unspecified atom stereocenters. The molecular formula is C12H17NO. The smallest absolute Gasteiger partial charge is 0.210 e. The van der Waals surface area contributed by atoms with E-state index < -0.39 is 0 Å². The van der Waals surface area contributed by atoms with E-state index in [0.717, 1.165) is 31.4 Å². The van der Waals surface area contributed by atoms with Gasteiger partial charge in [-0.25, -0.2) is 0 Å². The van der Waals surface area contributed by atoms with E-state index in [2.05, 4.69) is 6.58 Å². The Morgan fingerprint density at radius 3 is 2.93 bits per heavy atom. The Hall–Kier alpha value is -1.31. The first-order chi connectivity index (χ1) is 6.83. The molecule has 1 atom stereocenters. The van der Waals surface area contributed by atoms with Crippen LogP contribution in [0.1, 0.15) is 19.8 Å². The van der Waals surface area contributed by atoms with Gasteiger partial charge < -0.3 is 4.90 Å². The van der Waals surface area contributed by atoms with E-state index in [1.807, 2.05) is 36.1 Å². The van der Waals surface area contributed by atoms with Gasteiger partial charge in [-0.3, -0.25) is 4.79 Å². The zero-order valence-corrected chi connectivity index (χ0v) is 8.65. The molecule has 1 aliphatic rings. The average molecular weight is 191 g/mol. The number of rotatable bonds is 4. The average Bonchev–Trinajstić information content (AvgIpc) is 2.67. The van der Waals surface area contributed by atoms with Crippen LogP contribution in [-0.2, 0) is 4.79 Å². The highest BCUT2D eigenvalue weighted by Gasteiger charge is 2.24. The van der Waals surface area contributed by atoms with Crippen LogP contribution in [0.4, 0.5) is 0 Å². The summed E-state index contributed by atoms with van der Waals surface area (Å²) in [5.74, 6) is 0. The maximum Gasteiger partial charge on any atom is 0.210 e. The third-order valence-corrected chi connectivity index (χ3v) is 2.53. The molecule has 2 nitrogen and oxygen atoms in total. The second-order valence-electron chi connectivity index (χ2n) is 3.40. The standard InChI is InChI=1S/C12H17NO/c1-3-5-7-11(4-2)12-8-6-9-13(12)10-14/h3-5,7,10,12H,2,6,8-9H2,1H3/b5-3-,11-7+. The van der Waals surface area contributed by atoms with Gasteiger partial charge in [0, 0.05) is 6.54 Å². The fourth-order valence-corrected chi connectivity index (χ4v) is 1.80. The molecular weight excluding hydrogens is 174 g/mol. The Morgan fingerprint density at radius 2 is 2.36 bits per heavy atom. The van der Waals surface area contributed by atoms with Crippen molar-refractivity contribution in [2.75, 3.05) is 6.54 Å². The van der Waals surface area contributed by atoms with Crippen molar-refractivity contribution >= 4 is 6.41 Å². The predicted molar refractivity (Wildman–Crippen MR) is 58.9 cm³/mol. The number of nitrogens with zero attached hydrogens (tertiary/aromatic N) is 1. The number of hydrogen-bond donors (Lipinski definition) is 0. The van der Waals surface area contributed by atoms with E-state index >= 15 is 0 Å². The molecule has 76 valence electrons. The van der Waals surface area contributed by atoms with Gasteiger partial charge in [-0.05, 0) is 25.3 Å². The summed E-state index contributed by atoms with van der Waals surface area (Å²) >= 11 is 0. The van der Waals surface area contributed by atoms with Crippen molar-refractivity contribution in [1.82, 2.24) is 4.90 Å². The topological polar surface area (TPSA) is 20.3 Å². The van der Waals surface area contributed by atoms with E-state index in [-0.39, 0.29) is 6.04 Å². The highest BCUT2D eigenvalue weighted by atomic mass is 16.1. The number of carbonyl (C=O) groups is 1. The van der Waals surface area contributed by atoms with Gasteiger partial charge in [-0.15, -0.1) is 0 Å². The minimum absolute atomic E-state index is 0.237. The van der Waals surface area contributed by atoms with Gasteiger partial charge in [0.1, 0.15) is 0 Å². The number of hydrogen-bond acceptors (Lipinski definition) is 1. The van der Waals surface area contributed by atoms with Crippen LogP contribution in [-0.4, -0.2) is 23.9 Å². The van der Waals surface area contributed by atoms with Crippen molar-refractivity contribution in [2.24, 2.45) is 0 Å². The fraction of sp³-hybridized carbons (Fsp3) is 0.417. The summed E-state index contributed by atoms with van der Waals surface area (Å²) in [6, 6.07) is 0.237. The van der Waals surface area contributed by atoms with Gasteiger partial charge >= 0.3 is 0 Å². The quantitative estimate of drug-likeness (QED) is 0.493. The highest BCUT2D eigenvalue weighted by molar-refractivity contribution is 5.51. The van der Waals surface area contributed by atoms with Crippen LogP contribution >= 0.6 is 0 Å². The lowest BCUT2D eigenvalue weighted by Gasteiger charge is -2.20. The third-order valence-electron chi connectivity index (χ3n) is 2.53. The maximum absolute atomic E-state index is 10.8. The molecule has 1 heterocycles. The normalized spacial score (nSPS) is 23.1. The van der Waals surface area contributed by atoms with Crippen LogP contribution in [0.5, 0.6) is 0 Å². The molecule has 1 amide bonds. The molecule has 14 heavy (non-hydrogen) atoms. The summed E-state index contributed by atoms with van der Waals surface area (Å²) in [4.78, 5) is 12.6. The molecule has 0 aromatic heterocycles. The van der Waals surface area contributed by atoms with Crippen molar-refractivity contribution in [2.45, 2.75) is 25.8 Å². The zero-order chi connectivity index (χ0) is 10.4. The monoisotopic (exact) mass is 191 g/mol. The first-order valence-electron chi connectivity index (χ1n) is 4.99. The Balaban J connectivity index is 2.77. The van der Waals surface area contributed by atoms with Gasteiger partial charge in [-0.1, -0.05) is 30.9 Å². The van der Waals surface area contributed by atoms with Crippen molar-refractivity contribution in [3.63, 3.8) is 0 Å². The lowest BCUT2D eigenvalue weighted by molar-refractivity contribution is -0.118. The summed E-state index contributed by atoms with van der Waals surface area (Å²) < 4.78 is 0. The molecule has 0 N–H and O–H groups in total. The summed E-state index contributed by atoms with van der Waals surface area (Å²) in [5.41, 5.74) is 1.13. The first-order valence-corrected chi connectivity index (χ1v) is 4.99. The van der Waals surface area contributed by atoms with Crippen LogP contribution in [0.15, 0.2) is 36.5 Å². The number of amides is 1. The molecule has 1 fully saturated rings. The minimum Gasteiger partial charge on any atom is -0.338 e. The molecule has 1 saturated heterocycles. The largest absolute Gasteiger partial charge is 0.338 e. The fourth-order valence-electron chi connectivity index (χ4n) is 1.80. The number of carbonyl (C=O) groups excluding carboxylic acids is 1. The first kappa shape index (κ1) is 10.8. The van der Waals surface area contributed by atoms with Crippen LogP contribution in [0, 0.1) is 0 Å². The van der Waals surface area contributed by atoms with Gasteiger partial charge in [0.15, 0.2) is 0 Å². The van der Waals surface area contributed by atoms with Gasteiger partial charge in [0.05, 0.1) is 6.04 Å². The lowest BCUT2D eigenvalue weighted by Crippen LogP contribution is -2.28. The highest BCUT2D eigenvalue weighted by Crippen LogP contribution is 2.22. The maximum atomic E-state index is 10.8.